The number of thiol groups is 1. The molecule has 14 heavy (non-hydrogen) atoms. The van der Waals surface area contributed by atoms with E-state index in [9.17, 15) is 4.89 Å². The van der Waals surface area contributed by atoms with Gasteiger partial charge in [0.1, 0.15) is 6.10 Å². The fraction of sp³-hybridized carbons (Fsp3) is 1.00. The van der Waals surface area contributed by atoms with Gasteiger partial charge >= 0.3 is 0 Å². The second kappa shape index (κ2) is 5.25. The minimum absolute atomic E-state index is 0.107. The van der Waals surface area contributed by atoms with Crippen molar-refractivity contribution in [3.8, 4) is 0 Å². The maximum atomic E-state index is 9.44. The van der Waals surface area contributed by atoms with Gasteiger partial charge in [0.2, 0.25) is 0 Å². The van der Waals surface area contributed by atoms with Crippen molar-refractivity contribution in [2.24, 2.45) is 0 Å². The number of hydrogen-bond donors (Lipinski definition) is 2. The molecule has 0 saturated carbocycles. The maximum Gasteiger partial charge on any atom is 0.183 e. The summed E-state index contributed by atoms with van der Waals surface area (Å²) in [5, 5.41) is 0. The molecule has 0 amide bonds. The molecule has 0 radical (unpaired) electrons. The van der Waals surface area contributed by atoms with Crippen LogP contribution in [0.25, 0.3) is 0 Å². The van der Waals surface area contributed by atoms with Crippen molar-refractivity contribution in [2.45, 2.75) is 31.7 Å². The third-order valence-corrected chi connectivity index (χ3v) is 3.03. The van der Waals surface area contributed by atoms with E-state index < -0.39 is 6.49 Å². The Morgan fingerprint density at radius 1 is 1.71 bits per heavy atom. The van der Waals surface area contributed by atoms with Crippen LogP contribution in [0.1, 0.15) is 13.3 Å². The standard InChI is InChI=1S/C7H15O4PS2/c1-5-3-6(11-12(2,8)14)7(10-5)4-9-13/h5-7,13H,3-4H2,1-2H3,(H,8,14)/t5-,6?,7+,12?/m0/s1. The SMILES string of the molecule is C[C@H]1CC(OP(C)(O)=S)[C@@H](COS)O1. The highest BCUT2D eigenvalue weighted by atomic mass is 32.5. The lowest BCUT2D eigenvalue weighted by Crippen LogP contribution is -2.27. The van der Waals surface area contributed by atoms with Gasteiger partial charge in [0, 0.05) is 13.1 Å². The van der Waals surface area contributed by atoms with Gasteiger partial charge in [0.15, 0.2) is 6.49 Å². The first-order valence-electron chi connectivity index (χ1n) is 4.33. The van der Waals surface area contributed by atoms with Gasteiger partial charge in [-0.2, -0.15) is 0 Å². The highest BCUT2D eigenvalue weighted by Gasteiger charge is 2.35. The number of rotatable bonds is 4. The third kappa shape index (κ3) is 4.14. The smallest absolute Gasteiger partial charge is 0.183 e. The zero-order valence-electron chi connectivity index (χ0n) is 8.12. The highest BCUT2D eigenvalue weighted by Crippen LogP contribution is 2.42. The molecule has 1 rings (SSSR count). The van der Waals surface area contributed by atoms with Crippen molar-refractivity contribution in [3.63, 3.8) is 0 Å². The van der Waals surface area contributed by atoms with E-state index in [1.54, 1.807) is 0 Å². The predicted octanol–water partition coefficient (Wildman–Crippen LogP) is 1.34. The summed E-state index contributed by atoms with van der Waals surface area (Å²) in [5.74, 6) is 0. The van der Waals surface area contributed by atoms with Crippen LogP contribution in [0.4, 0.5) is 0 Å². The van der Waals surface area contributed by atoms with Crippen LogP contribution in [0.3, 0.4) is 0 Å². The first kappa shape index (κ1) is 12.9. The molecule has 1 aliphatic rings. The molecule has 0 aliphatic carbocycles. The molecule has 84 valence electrons. The van der Waals surface area contributed by atoms with Crippen LogP contribution >= 0.6 is 19.4 Å². The lowest BCUT2D eigenvalue weighted by molar-refractivity contribution is 0.000679. The van der Waals surface area contributed by atoms with E-state index in [-0.39, 0.29) is 18.3 Å². The van der Waals surface area contributed by atoms with Gasteiger partial charge in [0.25, 0.3) is 0 Å². The van der Waals surface area contributed by atoms with Crippen LogP contribution in [-0.4, -0.2) is 36.5 Å². The lowest BCUT2D eigenvalue weighted by Gasteiger charge is -2.20. The molecule has 4 nitrogen and oxygen atoms in total. The molecule has 1 aliphatic heterocycles. The summed E-state index contributed by atoms with van der Waals surface area (Å²) in [7, 11) is 0. The van der Waals surface area contributed by atoms with E-state index in [2.05, 4.69) is 12.9 Å². The van der Waals surface area contributed by atoms with E-state index in [1.807, 2.05) is 6.92 Å². The van der Waals surface area contributed by atoms with Crippen molar-refractivity contribution < 1.29 is 18.3 Å². The van der Waals surface area contributed by atoms with Crippen LogP contribution in [0, 0.1) is 0 Å². The van der Waals surface area contributed by atoms with E-state index >= 15 is 0 Å². The zero-order chi connectivity index (χ0) is 10.8. The molecule has 4 atom stereocenters. The molecule has 0 aromatic carbocycles. The molecular formula is C7H15O4PS2. The third-order valence-electron chi connectivity index (χ3n) is 1.96. The molecule has 0 spiro atoms. The monoisotopic (exact) mass is 258 g/mol. The molecule has 1 saturated heterocycles. The fourth-order valence-corrected chi connectivity index (χ4v) is 2.71. The lowest BCUT2D eigenvalue weighted by atomic mass is 10.1. The molecule has 0 bridgehead atoms. The Bertz CT molecular complexity index is 232. The van der Waals surface area contributed by atoms with E-state index in [0.29, 0.717) is 6.61 Å². The molecule has 7 heteroatoms. The Morgan fingerprint density at radius 2 is 2.36 bits per heavy atom. The minimum Gasteiger partial charge on any atom is -0.370 e. The van der Waals surface area contributed by atoms with Gasteiger partial charge in [-0.15, -0.1) is 0 Å². The maximum absolute atomic E-state index is 9.44. The Kier molecular flexibility index (Phi) is 4.84. The number of hydrogen-bond acceptors (Lipinski definition) is 5. The molecule has 1 fully saturated rings. The van der Waals surface area contributed by atoms with Gasteiger partial charge in [-0.05, 0) is 31.6 Å². The van der Waals surface area contributed by atoms with Gasteiger partial charge in [-0.3, -0.25) is 0 Å². The Balaban J connectivity index is 2.53. The molecule has 0 aromatic heterocycles. The molecule has 0 aromatic rings. The average molecular weight is 258 g/mol. The summed E-state index contributed by atoms with van der Waals surface area (Å²) in [4.78, 5) is 9.44. The van der Waals surface area contributed by atoms with Gasteiger partial charge < -0.3 is 18.3 Å². The van der Waals surface area contributed by atoms with Crippen molar-refractivity contribution >= 4 is 31.2 Å². The second-order valence-corrected chi connectivity index (χ2v) is 7.57. The number of ether oxygens (including phenoxy) is 1. The van der Waals surface area contributed by atoms with E-state index in [4.69, 9.17) is 25.3 Å². The summed E-state index contributed by atoms with van der Waals surface area (Å²) >= 11 is 8.49. The second-order valence-electron chi connectivity index (χ2n) is 3.46. The van der Waals surface area contributed by atoms with Crippen molar-refractivity contribution in [2.75, 3.05) is 13.3 Å². The molecule has 2 unspecified atom stereocenters. The molecule has 1 heterocycles. The first-order valence-corrected chi connectivity index (χ1v) is 7.81. The molecular weight excluding hydrogens is 243 g/mol. The molecule has 1 N–H and O–H groups in total. The Hall–Kier alpha value is 0.840. The van der Waals surface area contributed by atoms with Crippen molar-refractivity contribution in [1.29, 1.82) is 0 Å². The highest BCUT2D eigenvalue weighted by molar-refractivity contribution is 8.09. The summed E-state index contributed by atoms with van der Waals surface area (Å²) < 4.78 is 15.6. The minimum atomic E-state index is -2.63. The summed E-state index contributed by atoms with van der Waals surface area (Å²) in [5.41, 5.74) is 0. The van der Waals surface area contributed by atoms with Gasteiger partial charge in [-0.1, -0.05) is 0 Å². The average Bonchev–Trinajstić information content (AvgIpc) is 2.28. The van der Waals surface area contributed by atoms with Crippen LogP contribution in [0.5, 0.6) is 0 Å². The first-order chi connectivity index (χ1) is 6.42. The van der Waals surface area contributed by atoms with Crippen LogP contribution in [0.15, 0.2) is 0 Å². The normalized spacial score (nSPS) is 37.0. The fourth-order valence-electron chi connectivity index (χ4n) is 1.50. The quantitative estimate of drug-likeness (QED) is 0.453. The van der Waals surface area contributed by atoms with Gasteiger partial charge in [0.05, 0.1) is 18.8 Å². The van der Waals surface area contributed by atoms with Crippen LogP contribution in [-0.2, 0) is 25.3 Å². The van der Waals surface area contributed by atoms with Crippen LogP contribution < -0.4 is 0 Å². The Morgan fingerprint density at radius 3 is 2.86 bits per heavy atom. The van der Waals surface area contributed by atoms with E-state index in [1.165, 1.54) is 6.66 Å². The van der Waals surface area contributed by atoms with Crippen molar-refractivity contribution in [1.82, 2.24) is 0 Å². The van der Waals surface area contributed by atoms with E-state index in [0.717, 1.165) is 6.42 Å². The van der Waals surface area contributed by atoms with Crippen molar-refractivity contribution in [3.05, 3.63) is 0 Å². The topological polar surface area (TPSA) is 47.9 Å². The summed E-state index contributed by atoms with van der Waals surface area (Å²) in [6.45, 7) is 1.19. The van der Waals surface area contributed by atoms with Gasteiger partial charge in [-0.25, -0.2) is 0 Å². The predicted molar refractivity (Wildman–Crippen MR) is 61.2 cm³/mol. The largest absolute Gasteiger partial charge is 0.370 e. The van der Waals surface area contributed by atoms with Crippen LogP contribution in [0.2, 0.25) is 0 Å². The zero-order valence-corrected chi connectivity index (χ0v) is 10.7. The summed E-state index contributed by atoms with van der Waals surface area (Å²) in [6, 6.07) is 0. The summed E-state index contributed by atoms with van der Waals surface area (Å²) in [6.07, 6.45) is 0.471. The Labute approximate surface area is 94.7 Å².